The van der Waals surface area contributed by atoms with E-state index in [1.807, 2.05) is 6.07 Å². The van der Waals surface area contributed by atoms with E-state index in [4.69, 9.17) is 11.6 Å². The fourth-order valence-electron chi connectivity index (χ4n) is 3.99. The maximum absolute atomic E-state index is 13.7. The molecule has 1 aromatic heterocycles. The summed E-state index contributed by atoms with van der Waals surface area (Å²) in [5.41, 5.74) is 0.696. The van der Waals surface area contributed by atoms with Gasteiger partial charge >= 0.3 is 0 Å². The number of hydrogen-bond acceptors (Lipinski definition) is 3. The van der Waals surface area contributed by atoms with Crippen LogP contribution in [0.4, 0.5) is 4.39 Å². The number of carbonyl (C=O) groups is 1. The van der Waals surface area contributed by atoms with Gasteiger partial charge in [0.25, 0.3) is 11.5 Å². The summed E-state index contributed by atoms with van der Waals surface area (Å²) in [5, 5.41) is 3.33. The second kappa shape index (κ2) is 6.28. The number of nitrogens with one attached hydrogen (secondary N) is 2. The third kappa shape index (κ3) is 2.85. The summed E-state index contributed by atoms with van der Waals surface area (Å²) in [6.45, 7) is 2.23. The Labute approximate surface area is 148 Å². The van der Waals surface area contributed by atoms with Crippen molar-refractivity contribution in [3.63, 3.8) is 0 Å². The fraction of sp³-hybridized carbons (Fsp3) is 0.333. The van der Waals surface area contributed by atoms with Crippen molar-refractivity contribution in [1.82, 2.24) is 15.2 Å². The molecule has 2 saturated heterocycles. The number of benzene rings is 1. The topological polar surface area (TPSA) is 65.2 Å². The van der Waals surface area contributed by atoms with Crippen molar-refractivity contribution >= 4 is 17.5 Å². The molecule has 2 aliphatic rings. The van der Waals surface area contributed by atoms with E-state index < -0.39 is 5.56 Å². The predicted octanol–water partition coefficient (Wildman–Crippen LogP) is 2.20. The van der Waals surface area contributed by atoms with Crippen molar-refractivity contribution in [2.45, 2.75) is 6.04 Å². The molecule has 0 bridgehead atoms. The lowest BCUT2D eigenvalue weighted by Crippen LogP contribution is -2.35. The number of aromatic amines is 1. The molecule has 2 aliphatic heterocycles. The highest BCUT2D eigenvalue weighted by Crippen LogP contribution is 2.43. The third-order valence-electron chi connectivity index (χ3n) is 5.12. The van der Waals surface area contributed by atoms with Crippen LogP contribution < -0.4 is 10.9 Å². The van der Waals surface area contributed by atoms with E-state index in [-0.39, 0.29) is 28.7 Å². The summed E-state index contributed by atoms with van der Waals surface area (Å²) in [5.74, 6) is 0.0487. The molecule has 1 aromatic carbocycles. The normalized spacial score (nSPS) is 25.2. The van der Waals surface area contributed by atoms with E-state index in [1.54, 1.807) is 11.0 Å². The molecular formula is C18H17ClFN3O2. The lowest BCUT2D eigenvalue weighted by atomic mass is 9.89. The average Bonchev–Trinajstić information content (AvgIpc) is 3.17. The number of pyridine rings is 1. The van der Waals surface area contributed by atoms with Crippen molar-refractivity contribution in [3.8, 4) is 0 Å². The first-order valence-corrected chi connectivity index (χ1v) is 8.58. The molecule has 3 heterocycles. The molecule has 0 unspecified atom stereocenters. The van der Waals surface area contributed by atoms with Gasteiger partial charge in [-0.25, -0.2) is 4.39 Å². The van der Waals surface area contributed by atoms with E-state index in [0.29, 0.717) is 18.0 Å². The van der Waals surface area contributed by atoms with Gasteiger partial charge in [0.15, 0.2) is 0 Å². The second-order valence-corrected chi connectivity index (χ2v) is 7.01. The first kappa shape index (κ1) is 16.3. The largest absolute Gasteiger partial charge is 0.331 e. The number of nitrogens with zero attached hydrogens (tertiary/aromatic N) is 1. The van der Waals surface area contributed by atoms with Crippen LogP contribution in [0, 0.1) is 17.7 Å². The second-order valence-electron chi connectivity index (χ2n) is 6.60. The van der Waals surface area contributed by atoms with Crippen LogP contribution in [0.3, 0.4) is 0 Å². The molecule has 2 N–H and O–H groups in total. The number of amides is 1. The summed E-state index contributed by atoms with van der Waals surface area (Å²) in [6.07, 6.45) is 1.38. The first-order chi connectivity index (χ1) is 12.0. The maximum atomic E-state index is 13.7. The van der Waals surface area contributed by atoms with Crippen LogP contribution in [0.5, 0.6) is 0 Å². The van der Waals surface area contributed by atoms with Crippen LogP contribution in [-0.2, 0) is 0 Å². The Morgan fingerprint density at radius 1 is 1.28 bits per heavy atom. The molecule has 25 heavy (non-hydrogen) atoms. The molecule has 0 saturated carbocycles. The van der Waals surface area contributed by atoms with Crippen LogP contribution in [0.25, 0.3) is 0 Å². The van der Waals surface area contributed by atoms with Crippen LogP contribution in [0.2, 0.25) is 5.02 Å². The summed E-state index contributed by atoms with van der Waals surface area (Å²) < 4.78 is 13.7. The van der Waals surface area contributed by atoms with Crippen molar-refractivity contribution in [2.24, 2.45) is 11.8 Å². The number of H-pyrrole nitrogens is 1. The average molecular weight is 362 g/mol. The number of likely N-dealkylation sites (tertiary alicyclic amines) is 1. The quantitative estimate of drug-likeness (QED) is 0.862. The predicted molar refractivity (Wildman–Crippen MR) is 92.1 cm³/mol. The number of hydrogen-bond donors (Lipinski definition) is 2. The van der Waals surface area contributed by atoms with E-state index in [1.165, 1.54) is 24.4 Å². The van der Waals surface area contributed by atoms with Crippen LogP contribution in [0.15, 0.2) is 41.3 Å². The van der Waals surface area contributed by atoms with Crippen molar-refractivity contribution in [3.05, 3.63) is 68.8 Å². The van der Waals surface area contributed by atoms with E-state index >= 15 is 0 Å². The summed E-state index contributed by atoms with van der Waals surface area (Å²) in [6, 6.07) is 7.60. The molecule has 0 radical (unpaired) electrons. The van der Waals surface area contributed by atoms with E-state index in [2.05, 4.69) is 10.3 Å². The maximum Gasteiger partial charge on any atom is 0.266 e. The van der Waals surface area contributed by atoms with Gasteiger partial charge in [0, 0.05) is 31.7 Å². The van der Waals surface area contributed by atoms with Gasteiger partial charge in [-0.15, -0.1) is 0 Å². The van der Waals surface area contributed by atoms with Crippen LogP contribution in [0.1, 0.15) is 22.0 Å². The SMILES string of the molecule is O=C(c1c[nH]c(=O)c(Cl)c1)N1C[C@@H]2CNC[C@@H]2[C@H]1c1cccc(F)c1. The number of carbonyl (C=O) groups excluding carboxylic acids is 1. The highest BCUT2D eigenvalue weighted by atomic mass is 35.5. The number of fused-ring (bicyclic) bond motifs is 1. The zero-order valence-corrected chi connectivity index (χ0v) is 14.1. The Kier molecular flexibility index (Phi) is 4.09. The number of halogens is 2. The molecule has 5 nitrogen and oxygen atoms in total. The lowest BCUT2D eigenvalue weighted by Gasteiger charge is -2.28. The molecule has 0 aliphatic carbocycles. The molecule has 7 heteroatoms. The highest BCUT2D eigenvalue weighted by Gasteiger charge is 2.47. The van der Waals surface area contributed by atoms with Crippen molar-refractivity contribution in [1.29, 1.82) is 0 Å². The minimum Gasteiger partial charge on any atom is -0.331 e. The van der Waals surface area contributed by atoms with Gasteiger partial charge in [-0.05, 0) is 29.7 Å². The molecular weight excluding hydrogens is 345 g/mol. The van der Waals surface area contributed by atoms with Gasteiger partial charge in [-0.1, -0.05) is 23.7 Å². The summed E-state index contributed by atoms with van der Waals surface area (Å²) in [4.78, 5) is 28.7. The highest BCUT2D eigenvalue weighted by molar-refractivity contribution is 6.30. The summed E-state index contributed by atoms with van der Waals surface area (Å²) in [7, 11) is 0. The van der Waals surface area contributed by atoms with Gasteiger partial charge in [0.1, 0.15) is 10.8 Å². The monoisotopic (exact) mass is 361 g/mol. The minimum absolute atomic E-state index is 0.0192. The zero-order chi connectivity index (χ0) is 17.6. The smallest absolute Gasteiger partial charge is 0.266 e. The van der Waals surface area contributed by atoms with Gasteiger partial charge in [0.2, 0.25) is 0 Å². The fourth-order valence-corrected chi connectivity index (χ4v) is 4.16. The minimum atomic E-state index is -0.428. The Balaban J connectivity index is 1.72. The Hall–Kier alpha value is -2.18. The van der Waals surface area contributed by atoms with Gasteiger partial charge in [-0.3, -0.25) is 9.59 Å². The molecule has 2 fully saturated rings. The van der Waals surface area contributed by atoms with Crippen molar-refractivity contribution in [2.75, 3.05) is 19.6 Å². The summed E-state index contributed by atoms with van der Waals surface area (Å²) >= 11 is 5.86. The first-order valence-electron chi connectivity index (χ1n) is 8.20. The van der Waals surface area contributed by atoms with Gasteiger partial charge in [0.05, 0.1) is 11.6 Å². The number of rotatable bonds is 2. The van der Waals surface area contributed by atoms with E-state index in [0.717, 1.165) is 18.7 Å². The number of aromatic nitrogens is 1. The third-order valence-corrected chi connectivity index (χ3v) is 5.40. The molecule has 130 valence electrons. The standard InChI is InChI=1S/C18H17ClFN3O2/c19-15-5-11(7-22-17(15)24)18(25)23-9-12-6-21-8-14(12)16(23)10-2-1-3-13(20)4-10/h1-5,7,12,14,16,21H,6,8-9H2,(H,22,24)/t12-,14-,16+/m0/s1. The van der Waals surface area contributed by atoms with Gasteiger partial charge < -0.3 is 15.2 Å². The zero-order valence-electron chi connectivity index (χ0n) is 13.3. The Morgan fingerprint density at radius 2 is 2.12 bits per heavy atom. The van der Waals surface area contributed by atoms with Crippen molar-refractivity contribution < 1.29 is 9.18 Å². The van der Waals surface area contributed by atoms with Gasteiger partial charge in [-0.2, -0.15) is 0 Å². The van der Waals surface area contributed by atoms with Crippen LogP contribution >= 0.6 is 11.6 Å². The van der Waals surface area contributed by atoms with Crippen LogP contribution in [-0.4, -0.2) is 35.4 Å². The Bertz CT molecular complexity index is 885. The molecule has 3 atom stereocenters. The molecule has 2 aromatic rings. The Morgan fingerprint density at radius 3 is 2.88 bits per heavy atom. The lowest BCUT2D eigenvalue weighted by molar-refractivity contribution is 0.0713. The van der Waals surface area contributed by atoms with E-state index in [9.17, 15) is 14.0 Å². The molecule has 4 rings (SSSR count). The molecule has 1 amide bonds. The molecule has 0 spiro atoms.